The number of piperidine rings is 1. The molecule has 10 heteroatoms. The fourth-order valence-electron chi connectivity index (χ4n) is 4.47. The van der Waals surface area contributed by atoms with E-state index in [1.807, 2.05) is 35.0 Å². The Morgan fingerprint density at radius 1 is 1.24 bits per heavy atom. The summed E-state index contributed by atoms with van der Waals surface area (Å²) in [6.45, 7) is 3.56. The molecule has 1 saturated heterocycles. The Kier molecular flexibility index (Phi) is 5.26. The van der Waals surface area contributed by atoms with E-state index in [-0.39, 0.29) is 12.6 Å². The molecule has 2 N–H and O–H groups in total. The molecule has 0 aliphatic carbocycles. The minimum Gasteiger partial charge on any atom is -0.341 e. The van der Waals surface area contributed by atoms with Gasteiger partial charge in [-0.2, -0.15) is 10.1 Å². The van der Waals surface area contributed by atoms with Crippen molar-refractivity contribution >= 4 is 22.6 Å². The van der Waals surface area contributed by atoms with Gasteiger partial charge in [0.05, 0.1) is 24.3 Å². The van der Waals surface area contributed by atoms with Gasteiger partial charge >= 0.3 is 5.69 Å². The molecule has 33 heavy (non-hydrogen) atoms. The largest absolute Gasteiger partial charge is 0.341 e. The van der Waals surface area contributed by atoms with Crippen molar-refractivity contribution in [2.24, 2.45) is 12.8 Å². The van der Waals surface area contributed by atoms with Gasteiger partial charge in [0.1, 0.15) is 0 Å². The number of fused-ring (bicyclic) bond motifs is 2. The van der Waals surface area contributed by atoms with Crippen molar-refractivity contribution in [2.45, 2.75) is 38.9 Å². The monoisotopic (exact) mass is 446 g/mol. The molecule has 1 fully saturated rings. The van der Waals surface area contributed by atoms with Crippen LogP contribution in [0.4, 0.5) is 5.95 Å². The number of imidazole rings is 1. The highest BCUT2D eigenvalue weighted by atomic mass is 16.2. The van der Waals surface area contributed by atoms with Crippen LogP contribution in [0, 0.1) is 11.8 Å². The number of nitrogens with two attached hydrogens (primary N) is 1. The average molecular weight is 447 g/mol. The van der Waals surface area contributed by atoms with E-state index in [0.29, 0.717) is 35.9 Å². The first-order valence-corrected chi connectivity index (χ1v) is 11.0. The molecule has 170 valence electrons. The maximum atomic E-state index is 13.6. The van der Waals surface area contributed by atoms with Crippen LogP contribution in [0.2, 0.25) is 0 Å². The fraction of sp³-hybridized carbons (Fsp3) is 0.391. The van der Waals surface area contributed by atoms with Crippen LogP contribution < -0.4 is 21.9 Å². The zero-order valence-corrected chi connectivity index (χ0v) is 18.7. The van der Waals surface area contributed by atoms with Gasteiger partial charge in [0.15, 0.2) is 11.2 Å². The summed E-state index contributed by atoms with van der Waals surface area (Å²) in [5.74, 6) is 6.56. The Bertz CT molecular complexity index is 1490. The van der Waals surface area contributed by atoms with Crippen molar-refractivity contribution in [1.82, 2.24) is 28.3 Å². The number of aromatic nitrogens is 6. The molecule has 1 aliphatic rings. The normalized spacial score (nSPS) is 16.3. The van der Waals surface area contributed by atoms with Crippen molar-refractivity contribution in [1.29, 1.82) is 0 Å². The zero-order valence-electron chi connectivity index (χ0n) is 18.7. The summed E-state index contributed by atoms with van der Waals surface area (Å²) in [5.41, 5.74) is 7.59. The Morgan fingerprint density at radius 3 is 2.85 bits per heavy atom. The van der Waals surface area contributed by atoms with Crippen molar-refractivity contribution < 1.29 is 0 Å². The summed E-state index contributed by atoms with van der Waals surface area (Å²) in [6.07, 6.45) is 3.73. The number of nitrogens with zero attached hydrogens (tertiary/aromatic N) is 7. The van der Waals surface area contributed by atoms with E-state index >= 15 is 0 Å². The van der Waals surface area contributed by atoms with E-state index in [2.05, 4.69) is 21.8 Å². The maximum Gasteiger partial charge on any atom is 0.332 e. The first kappa shape index (κ1) is 21.0. The van der Waals surface area contributed by atoms with E-state index in [1.165, 1.54) is 9.13 Å². The molecule has 1 unspecified atom stereocenters. The first-order chi connectivity index (χ1) is 16.0. The average Bonchev–Trinajstić information content (AvgIpc) is 3.40. The third-order valence-corrected chi connectivity index (χ3v) is 6.11. The van der Waals surface area contributed by atoms with Crippen LogP contribution in [0.1, 0.15) is 25.5 Å². The Hall–Kier alpha value is -3.84. The van der Waals surface area contributed by atoms with Crippen LogP contribution in [0.5, 0.6) is 0 Å². The van der Waals surface area contributed by atoms with Gasteiger partial charge in [-0.3, -0.25) is 18.5 Å². The lowest BCUT2D eigenvalue weighted by Gasteiger charge is -2.31. The second-order valence-electron chi connectivity index (χ2n) is 8.38. The quantitative estimate of drug-likeness (QED) is 0.459. The molecule has 0 saturated carbocycles. The highest BCUT2D eigenvalue weighted by Gasteiger charge is 2.26. The number of rotatable bonds is 4. The lowest BCUT2D eigenvalue weighted by molar-refractivity contribution is 0.496. The van der Waals surface area contributed by atoms with Crippen LogP contribution in [0.15, 0.2) is 40.1 Å². The predicted octanol–water partition coefficient (Wildman–Crippen LogP) is 0.544. The fourth-order valence-corrected chi connectivity index (χ4v) is 4.47. The molecule has 0 radical (unpaired) electrons. The third kappa shape index (κ3) is 3.60. The highest BCUT2D eigenvalue weighted by Crippen LogP contribution is 2.23. The van der Waals surface area contributed by atoms with Gasteiger partial charge in [-0.1, -0.05) is 12.0 Å². The van der Waals surface area contributed by atoms with E-state index in [1.54, 1.807) is 18.5 Å². The molecular formula is C23H26N8O2. The molecule has 0 spiro atoms. The van der Waals surface area contributed by atoms with E-state index in [0.717, 1.165) is 24.9 Å². The molecule has 5 heterocycles. The molecule has 4 aromatic heterocycles. The Labute approximate surface area is 189 Å². The first-order valence-electron chi connectivity index (χ1n) is 11.0. The van der Waals surface area contributed by atoms with Gasteiger partial charge in [0.2, 0.25) is 5.95 Å². The number of hydrogen-bond acceptors (Lipinski definition) is 6. The topological polar surface area (TPSA) is 108 Å². The van der Waals surface area contributed by atoms with E-state index in [4.69, 9.17) is 10.7 Å². The molecule has 5 rings (SSSR count). The van der Waals surface area contributed by atoms with Gasteiger partial charge in [-0.05, 0) is 38.0 Å². The van der Waals surface area contributed by atoms with Crippen molar-refractivity contribution in [3.63, 3.8) is 0 Å². The molecule has 0 amide bonds. The summed E-state index contributed by atoms with van der Waals surface area (Å²) < 4.78 is 6.18. The molecule has 0 bridgehead atoms. The minimum absolute atomic E-state index is 0.0415. The molecule has 10 nitrogen and oxygen atoms in total. The molecule has 1 atom stereocenters. The number of aryl methyl sites for hydroxylation is 1. The summed E-state index contributed by atoms with van der Waals surface area (Å²) >= 11 is 0. The molecule has 1 aliphatic heterocycles. The summed E-state index contributed by atoms with van der Waals surface area (Å²) in [7, 11) is 1.64. The van der Waals surface area contributed by atoms with Crippen LogP contribution in [-0.4, -0.2) is 47.4 Å². The lowest BCUT2D eigenvalue weighted by atomic mass is 10.1. The number of anilines is 1. The van der Waals surface area contributed by atoms with Crippen molar-refractivity contribution in [3.05, 3.63) is 57.0 Å². The van der Waals surface area contributed by atoms with Crippen LogP contribution in [0.3, 0.4) is 0 Å². The van der Waals surface area contributed by atoms with E-state index in [9.17, 15) is 9.59 Å². The standard InChI is InChI=1S/C23H26N8O2/c1-3-4-11-29-19-20(25-22(29)28-10-7-8-16(24)14-28)27(2)23(33)30(21(19)32)15-17-13-18-9-5-6-12-31(18)26-17/h5-6,9,12-13,16H,7-8,10-11,14-15,24H2,1-2H3. The second-order valence-corrected chi connectivity index (χ2v) is 8.38. The van der Waals surface area contributed by atoms with Gasteiger partial charge in [0.25, 0.3) is 5.56 Å². The van der Waals surface area contributed by atoms with Gasteiger partial charge in [-0.25, -0.2) is 9.31 Å². The van der Waals surface area contributed by atoms with Crippen molar-refractivity contribution in [3.8, 4) is 11.8 Å². The number of pyridine rings is 1. The van der Waals surface area contributed by atoms with Gasteiger partial charge < -0.3 is 10.6 Å². The van der Waals surface area contributed by atoms with Crippen molar-refractivity contribution in [2.75, 3.05) is 18.0 Å². The minimum atomic E-state index is -0.433. The van der Waals surface area contributed by atoms with Gasteiger partial charge in [0, 0.05) is 32.4 Å². The highest BCUT2D eigenvalue weighted by molar-refractivity contribution is 5.75. The number of hydrogen-bond donors (Lipinski definition) is 1. The summed E-state index contributed by atoms with van der Waals surface area (Å²) in [6, 6.07) is 7.63. The second kappa shape index (κ2) is 8.26. The Balaban J connectivity index is 1.68. The van der Waals surface area contributed by atoms with Crippen LogP contribution in [-0.2, 0) is 20.1 Å². The maximum absolute atomic E-state index is 13.6. The SMILES string of the molecule is CC#CCn1c(N2CCCC(N)C2)nc2c1c(=O)n(Cc1cc3ccccn3n1)c(=O)n2C. The summed E-state index contributed by atoms with van der Waals surface area (Å²) in [4.78, 5) is 33.6. The molecule has 0 aromatic carbocycles. The summed E-state index contributed by atoms with van der Waals surface area (Å²) in [5, 5.41) is 4.50. The van der Waals surface area contributed by atoms with Gasteiger partial charge in [-0.15, -0.1) is 5.92 Å². The van der Waals surface area contributed by atoms with E-state index < -0.39 is 11.2 Å². The molecule has 4 aromatic rings. The van der Waals surface area contributed by atoms with Crippen LogP contribution >= 0.6 is 0 Å². The third-order valence-electron chi connectivity index (χ3n) is 6.11. The zero-order chi connectivity index (χ0) is 23.1. The smallest absolute Gasteiger partial charge is 0.332 e. The van der Waals surface area contributed by atoms with Crippen LogP contribution in [0.25, 0.3) is 16.7 Å². The molecular weight excluding hydrogens is 420 g/mol. The Morgan fingerprint density at radius 2 is 2.09 bits per heavy atom. The predicted molar refractivity (Wildman–Crippen MR) is 126 cm³/mol. The lowest BCUT2D eigenvalue weighted by Crippen LogP contribution is -2.44.